The summed E-state index contributed by atoms with van der Waals surface area (Å²) in [5, 5.41) is 8.53. The maximum atomic E-state index is 10.4. The number of hydrogen-bond donors (Lipinski definition) is 1. The van der Waals surface area contributed by atoms with Crippen molar-refractivity contribution >= 4 is 5.97 Å². The number of carbonyl (C=O) groups is 1. The highest BCUT2D eigenvalue weighted by Crippen LogP contribution is 2.29. The number of hydrogen-bond acceptors (Lipinski definition) is 2. The Kier molecular flexibility index (Phi) is 11.2. The van der Waals surface area contributed by atoms with Crippen LogP contribution in [0.25, 0.3) is 0 Å². The Hall–Kier alpha value is -1.35. The van der Waals surface area contributed by atoms with Gasteiger partial charge in [0.25, 0.3) is 0 Å². The van der Waals surface area contributed by atoms with Crippen LogP contribution in [0.15, 0.2) is 36.5 Å². The highest BCUT2D eigenvalue weighted by Gasteiger charge is 2.35. The standard InChI is InChI=1S/C20H32O3/c1-2-3-4-5-6-7-8-9-12-15-18-19(23-18)16-13-10-11-14-17-20(21)22/h6-7,9-10,12-13,18-19H,2-5,8,11,14-17H2,1H3,(H,21,22)/b7-6-,12-9-,13-10-/t18-,19+/m1/s1. The molecule has 1 saturated heterocycles. The van der Waals surface area contributed by atoms with Gasteiger partial charge < -0.3 is 9.84 Å². The summed E-state index contributed by atoms with van der Waals surface area (Å²) in [5.74, 6) is -0.716. The van der Waals surface area contributed by atoms with E-state index in [0.29, 0.717) is 12.2 Å². The number of rotatable bonds is 14. The van der Waals surface area contributed by atoms with Gasteiger partial charge in [0.2, 0.25) is 0 Å². The average Bonchev–Trinajstić information content (AvgIpc) is 3.27. The van der Waals surface area contributed by atoms with Crippen LogP contribution in [0.4, 0.5) is 0 Å². The molecule has 1 aliphatic heterocycles. The molecule has 1 fully saturated rings. The van der Waals surface area contributed by atoms with Crippen molar-refractivity contribution in [2.45, 2.75) is 83.3 Å². The molecule has 1 heterocycles. The van der Waals surface area contributed by atoms with E-state index in [4.69, 9.17) is 9.84 Å². The minimum atomic E-state index is -0.716. The van der Waals surface area contributed by atoms with Gasteiger partial charge in [0.05, 0.1) is 12.2 Å². The largest absolute Gasteiger partial charge is 0.481 e. The molecule has 23 heavy (non-hydrogen) atoms. The van der Waals surface area contributed by atoms with Crippen LogP contribution >= 0.6 is 0 Å². The summed E-state index contributed by atoms with van der Waals surface area (Å²) >= 11 is 0. The van der Waals surface area contributed by atoms with E-state index in [1.807, 2.05) is 0 Å². The van der Waals surface area contributed by atoms with Crippen LogP contribution in [0.5, 0.6) is 0 Å². The molecule has 1 rings (SSSR count). The van der Waals surface area contributed by atoms with E-state index in [9.17, 15) is 4.79 Å². The Morgan fingerprint density at radius 3 is 2.22 bits per heavy atom. The third-order valence-corrected chi connectivity index (χ3v) is 3.93. The summed E-state index contributed by atoms with van der Waals surface area (Å²) in [4.78, 5) is 10.4. The van der Waals surface area contributed by atoms with Crippen molar-refractivity contribution in [2.75, 3.05) is 0 Å². The summed E-state index contributed by atoms with van der Waals surface area (Å²) in [7, 11) is 0. The molecule has 0 radical (unpaired) electrons. The molecular weight excluding hydrogens is 288 g/mol. The molecule has 0 aromatic rings. The lowest BCUT2D eigenvalue weighted by Gasteiger charge is -1.91. The van der Waals surface area contributed by atoms with Crippen LogP contribution in [0.3, 0.4) is 0 Å². The molecule has 0 spiro atoms. The Morgan fingerprint density at radius 2 is 1.52 bits per heavy atom. The summed E-state index contributed by atoms with van der Waals surface area (Å²) in [6, 6.07) is 0. The van der Waals surface area contributed by atoms with Crippen molar-refractivity contribution in [2.24, 2.45) is 0 Å². The fourth-order valence-corrected chi connectivity index (χ4v) is 2.44. The molecule has 3 heteroatoms. The first-order valence-corrected chi connectivity index (χ1v) is 9.06. The lowest BCUT2D eigenvalue weighted by molar-refractivity contribution is -0.137. The van der Waals surface area contributed by atoms with Gasteiger partial charge in [-0.25, -0.2) is 0 Å². The van der Waals surface area contributed by atoms with Crippen LogP contribution in [0.2, 0.25) is 0 Å². The third kappa shape index (κ3) is 11.8. The number of ether oxygens (including phenoxy) is 1. The number of carboxylic acids is 1. The zero-order chi connectivity index (χ0) is 16.8. The monoisotopic (exact) mass is 320 g/mol. The summed E-state index contributed by atoms with van der Waals surface area (Å²) in [6.07, 6.45) is 23.8. The highest BCUT2D eigenvalue weighted by atomic mass is 16.6. The Balaban J connectivity index is 1.93. The van der Waals surface area contributed by atoms with E-state index in [-0.39, 0.29) is 6.42 Å². The molecule has 1 aliphatic rings. The van der Waals surface area contributed by atoms with E-state index < -0.39 is 5.97 Å². The van der Waals surface area contributed by atoms with E-state index in [0.717, 1.165) is 32.1 Å². The smallest absolute Gasteiger partial charge is 0.303 e. The maximum absolute atomic E-state index is 10.4. The average molecular weight is 320 g/mol. The van der Waals surface area contributed by atoms with Gasteiger partial charge in [-0.05, 0) is 44.9 Å². The second-order valence-corrected chi connectivity index (χ2v) is 6.12. The molecule has 3 nitrogen and oxygen atoms in total. The van der Waals surface area contributed by atoms with E-state index in [1.54, 1.807) is 0 Å². The molecule has 0 saturated carbocycles. The highest BCUT2D eigenvalue weighted by molar-refractivity contribution is 5.66. The first-order chi connectivity index (χ1) is 11.2. The molecule has 2 atom stereocenters. The van der Waals surface area contributed by atoms with Crippen molar-refractivity contribution in [3.05, 3.63) is 36.5 Å². The number of aliphatic carboxylic acids is 1. The van der Waals surface area contributed by atoms with Crippen molar-refractivity contribution < 1.29 is 14.6 Å². The Morgan fingerprint density at radius 1 is 0.913 bits per heavy atom. The first kappa shape index (κ1) is 19.7. The van der Waals surface area contributed by atoms with Crippen LogP contribution in [0.1, 0.15) is 71.1 Å². The third-order valence-electron chi connectivity index (χ3n) is 3.93. The second kappa shape index (κ2) is 13.1. The van der Waals surface area contributed by atoms with Crippen molar-refractivity contribution in [3.63, 3.8) is 0 Å². The quantitative estimate of drug-likeness (QED) is 0.264. The molecule has 0 unspecified atom stereocenters. The fraction of sp³-hybridized carbons (Fsp3) is 0.650. The number of allylic oxidation sites excluding steroid dienone is 4. The van der Waals surface area contributed by atoms with Gasteiger partial charge >= 0.3 is 5.97 Å². The van der Waals surface area contributed by atoms with Gasteiger partial charge in [-0.3, -0.25) is 4.79 Å². The van der Waals surface area contributed by atoms with E-state index >= 15 is 0 Å². The van der Waals surface area contributed by atoms with Crippen LogP contribution in [-0.4, -0.2) is 23.3 Å². The summed E-state index contributed by atoms with van der Waals surface area (Å²) < 4.78 is 5.62. The topological polar surface area (TPSA) is 49.8 Å². The normalized spacial score (nSPS) is 20.9. The van der Waals surface area contributed by atoms with Gasteiger partial charge in [-0.1, -0.05) is 56.2 Å². The molecule has 130 valence electrons. The second-order valence-electron chi connectivity index (χ2n) is 6.12. The van der Waals surface area contributed by atoms with Crippen molar-refractivity contribution in [1.82, 2.24) is 0 Å². The maximum Gasteiger partial charge on any atom is 0.303 e. The summed E-state index contributed by atoms with van der Waals surface area (Å²) in [5.41, 5.74) is 0. The predicted molar refractivity (Wildman–Crippen MR) is 95.6 cm³/mol. The zero-order valence-electron chi connectivity index (χ0n) is 14.5. The molecule has 0 amide bonds. The molecule has 0 bridgehead atoms. The predicted octanol–water partition coefficient (Wildman–Crippen LogP) is 5.43. The van der Waals surface area contributed by atoms with Gasteiger partial charge in [0, 0.05) is 6.42 Å². The van der Waals surface area contributed by atoms with Crippen LogP contribution < -0.4 is 0 Å². The van der Waals surface area contributed by atoms with Crippen molar-refractivity contribution in [3.8, 4) is 0 Å². The number of unbranched alkanes of at least 4 members (excludes halogenated alkanes) is 4. The van der Waals surface area contributed by atoms with E-state index in [1.165, 1.54) is 25.7 Å². The molecular formula is C20H32O3. The Labute approximate surface area is 141 Å². The summed E-state index contributed by atoms with van der Waals surface area (Å²) in [6.45, 7) is 2.23. The number of epoxide rings is 1. The molecule has 1 N–H and O–H groups in total. The SMILES string of the molecule is CCCCC/C=C\C/C=C\C[C@H]1O[C@H]1C/C=C\CCCC(=O)O. The zero-order valence-corrected chi connectivity index (χ0v) is 14.5. The lowest BCUT2D eigenvalue weighted by Crippen LogP contribution is -1.93. The number of carboxylic acid groups (broad SMARTS) is 1. The molecule has 0 aromatic heterocycles. The van der Waals surface area contributed by atoms with E-state index in [2.05, 4.69) is 43.4 Å². The lowest BCUT2D eigenvalue weighted by atomic mass is 10.1. The van der Waals surface area contributed by atoms with Crippen LogP contribution in [0, 0.1) is 0 Å². The van der Waals surface area contributed by atoms with Gasteiger partial charge in [-0.2, -0.15) is 0 Å². The minimum Gasteiger partial charge on any atom is -0.481 e. The Bertz CT molecular complexity index is 396. The van der Waals surface area contributed by atoms with Gasteiger partial charge in [0.15, 0.2) is 0 Å². The fourth-order valence-electron chi connectivity index (χ4n) is 2.44. The molecule has 0 aromatic carbocycles. The van der Waals surface area contributed by atoms with Crippen molar-refractivity contribution in [1.29, 1.82) is 0 Å². The van der Waals surface area contributed by atoms with Crippen LogP contribution in [-0.2, 0) is 9.53 Å². The van der Waals surface area contributed by atoms with Gasteiger partial charge in [0.1, 0.15) is 0 Å². The first-order valence-electron chi connectivity index (χ1n) is 9.06. The van der Waals surface area contributed by atoms with Gasteiger partial charge in [-0.15, -0.1) is 0 Å². The molecule has 0 aliphatic carbocycles. The minimum absolute atomic E-state index is 0.255.